The summed E-state index contributed by atoms with van der Waals surface area (Å²) in [6, 6.07) is 11.8. The van der Waals surface area contributed by atoms with Crippen molar-refractivity contribution >= 4 is 34.6 Å². The fourth-order valence-electron chi connectivity index (χ4n) is 2.75. The van der Waals surface area contributed by atoms with Gasteiger partial charge in [-0.25, -0.2) is 5.01 Å². The Morgan fingerprint density at radius 2 is 2.00 bits per heavy atom. The summed E-state index contributed by atoms with van der Waals surface area (Å²) >= 11 is 7.64. The van der Waals surface area contributed by atoms with Gasteiger partial charge in [0.25, 0.3) is 0 Å². The van der Waals surface area contributed by atoms with Gasteiger partial charge in [-0.15, -0.1) is 11.3 Å². The van der Waals surface area contributed by atoms with Crippen LogP contribution in [-0.4, -0.2) is 16.6 Å². The summed E-state index contributed by atoms with van der Waals surface area (Å²) in [5.74, 6) is 0.346. The third kappa shape index (κ3) is 2.57. The summed E-state index contributed by atoms with van der Waals surface area (Å²) in [6.45, 7) is 0. The van der Waals surface area contributed by atoms with E-state index < -0.39 is 0 Å². The second-order valence-corrected chi connectivity index (χ2v) is 7.16. The van der Waals surface area contributed by atoms with Crippen LogP contribution in [0.15, 0.2) is 46.9 Å². The van der Waals surface area contributed by atoms with Crippen molar-refractivity contribution in [1.29, 1.82) is 0 Å². The SMILES string of the molecule is O=C(C1CC1)N1N=C(c2ccc(Cl)cc2)CC1c1cccs1. The smallest absolute Gasteiger partial charge is 0.246 e. The van der Waals surface area contributed by atoms with Crippen LogP contribution < -0.4 is 0 Å². The number of carbonyl (C=O) groups excluding carboxylic acids is 1. The maximum Gasteiger partial charge on any atom is 0.246 e. The number of halogens is 1. The molecule has 2 heterocycles. The van der Waals surface area contributed by atoms with Crippen molar-refractivity contribution in [2.24, 2.45) is 11.0 Å². The van der Waals surface area contributed by atoms with Crippen LogP contribution in [0.1, 0.15) is 35.7 Å². The zero-order valence-electron chi connectivity index (χ0n) is 11.9. The lowest BCUT2D eigenvalue weighted by molar-refractivity contribution is -0.134. The maximum atomic E-state index is 12.5. The molecule has 0 N–H and O–H groups in total. The van der Waals surface area contributed by atoms with Gasteiger partial charge in [0.05, 0.1) is 11.8 Å². The molecule has 0 radical (unpaired) electrons. The Morgan fingerprint density at radius 3 is 2.64 bits per heavy atom. The molecule has 0 spiro atoms. The van der Waals surface area contributed by atoms with Gasteiger partial charge in [0, 0.05) is 22.2 Å². The zero-order valence-corrected chi connectivity index (χ0v) is 13.5. The molecule has 1 aromatic carbocycles. The molecule has 1 aromatic heterocycles. The fraction of sp³-hybridized carbons (Fsp3) is 0.294. The van der Waals surface area contributed by atoms with E-state index in [-0.39, 0.29) is 17.9 Å². The number of hydrogen-bond acceptors (Lipinski definition) is 3. The van der Waals surface area contributed by atoms with Crippen LogP contribution in [0.25, 0.3) is 0 Å². The van der Waals surface area contributed by atoms with Crippen LogP contribution in [-0.2, 0) is 4.79 Å². The quantitative estimate of drug-likeness (QED) is 0.816. The first-order chi connectivity index (χ1) is 10.7. The second kappa shape index (κ2) is 5.52. The number of amides is 1. The average Bonchev–Trinajstić information content (AvgIpc) is 3.06. The van der Waals surface area contributed by atoms with Gasteiger partial charge in [0.15, 0.2) is 0 Å². The van der Waals surface area contributed by atoms with Gasteiger partial charge in [0.2, 0.25) is 5.91 Å². The van der Waals surface area contributed by atoms with E-state index in [1.165, 1.54) is 4.88 Å². The number of hydrogen-bond donors (Lipinski definition) is 0. The van der Waals surface area contributed by atoms with Crippen molar-refractivity contribution in [3.8, 4) is 0 Å². The molecule has 4 rings (SSSR count). The topological polar surface area (TPSA) is 32.7 Å². The molecule has 0 saturated heterocycles. The Balaban J connectivity index is 1.67. The molecule has 22 heavy (non-hydrogen) atoms. The van der Waals surface area contributed by atoms with Crippen LogP contribution in [0.5, 0.6) is 0 Å². The first kappa shape index (κ1) is 14.0. The van der Waals surface area contributed by atoms with Crippen LogP contribution in [0.4, 0.5) is 0 Å². The molecular formula is C17H15ClN2OS. The lowest BCUT2D eigenvalue weighted by atomic mass is 10.0. The van der Waals surface area contributed by atoms with E-state index >= 15 is 0 Å². The number of carbonyl (C=O) groups is 1. The van der Waals surface area contributed by atoms with E-state index in [0.29, 0.717) is 5.02 Å². The minimum absolute atomic E-state index is 0.0405. The fourth-order valence-corrected chi connectivity index (χ4v) is 3.69. The molecule has 1 saturated carbocycles. The third-order valence-corrected chi connectivity index (χ3v) is 5.34. The molecule has 1 fully saturated rings. The summed E-state index contributed by atoms with van der Waals surface area (Å²) in [6.07, 6.45) is 2.76. The maximum absolute atomic E-state index is 12.5. The lowest BCUT2D eigenvalue weighted by Gasteiger charge is -2.20. The van der Waals surface area contributed by atoms with Crippen molar-refractivity contribution in [2.45, 2.75) is 25.3 Å². The van der Waals surface area contributed by atoms with Gasteiger partial charge in [-0.1, -0.05) is 29.8 Å². The predicted molar refractivity (Wildman–Crippen MR) is 89.2 cm³/mol. The predicted octanol–water partition coefficient (Wildman–Crippen LogP) is 4.49. The molecular weight excluding hydrogens is 316 g/mol. The summed E-state index contributed by atoms with van der Waals surface area (Å²) in [4.78, 5) is 13.7. The molecule has 0 bridgehead atoms. The van der Waals surface area contributed by atoms with Gasteiger partial charge < -0.3 is 0 Å². The second-order valence-electron chi connectivity index (χ2n) is 5.75. The molecule has 1 amide bonds. The largest absolute Gasteiger partial charge is 0.273 e. The zero-order chi connectivity index (χ0) is 15.1. The lowest BCUT2D eigenvalue weighted by Crippen LogP contribution is -2.27. The summed E-state index contributed by atoms with van der Waals surface area (Å²) < 4.78 is 0. The Kier molecular flexibility index (Phi) is 3.51. The molecule has 112 valence electrons. The van der Waals surface area contributed by atoms with Crippen LogP contribution in [0.2, 0.25) is 5.02 Å². The van der Waals surface area contributed by atoms with Crippen LogP contribution >= 0.6 is 22.9 Å². The van der Waals surface area contributed by atoms with Crippen LogP contribution in [0, 0.1) is 5.92 Å². The Bertz CT molecular complexity index is 720. The Morgan fingerprint density at radius 1 is 1.23 bits per heavy atom. The molecule has 1 unspecified atom stereocenters. The van der Waals surface area contributed by atoms with Crippen molar-refractivity contribution in [1.82, 2.24) is 5.01 Å². The third-order valence-electron chi connectivity index (χ3n) is 4.11. The minimum atomic E-state index is 0.0405. The van der Waals surface area contributed by atoms with E-state index in [1.807, 2.05) is 30.3 Å². The number of nitrogens with zero attached hydrogens (tertiary/aromatic N) is 2. The molecule has 1 aliphatic carbocycles. The van der Waals surface area contributed by atoms with Gasteiger partial charge in [-0.3, -0.25) is 4.79 Å². The molecule has 1 atom stereocenters. The number of thiophene rings is 1. The first-order valence-corrected chi connectivity index (χ1v) is 8.68. The molecule has 5 heteroatoms. The van der Waals surface area contributed by atoms with Gasteiger partial charge in [0.1, 0.15) is 0 Å². The molecule has 1 aliphatic heterocycles. The number of hydrazone groups is 1. The van der Waals surface area contributed by atoms with E-state index in [1.54, 1.807) is 16.3 Å². The standard InChI is InChI=1S/C17H15ClN2OS/c18-13-7-5-11(6-8-13)14-10-15(16-2-1-9-22-16)20(19-14)17(21)12-3-4-12/h1-2,5-9,12,15H,3-4,10H2. The highest BCUT2D eigenvalue weighted by atomic mass is 35.5. The minimum Gasteiger partial charge on any atom is -0.273 e. The Hall–Kier alpha value is -1.65. The molecule has 2 aliphatic rings. The summed E-state index contributed by atoms with van der Waals surface area (Å²) in [7, 11) is 0. The van der Waals surface area contributed by atoms with Crippen LogP contribution in [0.3, 0.4) is 0 Å². The number of benzene rings is 1. The summed E-state index contributed by atoms with van der Waals surface area (Å²) in [5.41, 5.74) is 2.00. The van der Waals surface area contributed by atoms with Gasteiger partial charge in [-0.05, 0) is 42.0 Å². The monoisotopic (exact) mass is 330 g/mol. The highest BCUT2D eigenvalue weighted by molar-refractivity contribution is 7.10. The average molecular weight is 331 g/mol. The Labute approximate surface area is 138 Å². The van der Waals surface area contributed by atoms with Gasteiger partial charge in [-0.2, -0.15) is 5.10 Å². The van der Waals surface area contributed by atoms with E-state index in [4.69, 9.17) is 11.6 Å². The summed E-state index contributed by atoms with van der Waals surface area (Å²) in [5, 5.41) is 9.13. The highest BCUT2D eigenvalue weighted by Gasteiger charge is 2.40. The van der Waals surface area contributed by atoms with Crippen molar-refractivity contribution < 1.29 is 4.79 Å². The first-order valence-electron chi connectivity index (χ1n) is 7.42. The molecule has 3 nitrogen and oxygen atoms in total. The van der Waals surface area contributed by atoms with Gasteiger partial charge >= 0.3 is 0 Å². The van der Waals surface area contributed by atoms with E-state index in [9.17, 15) is 4.79 Å². The highest BCUT2D eigenvalue weighted by Crippen LogP contribution is 2.40. The van der Waals surface area contributed by atoms with E-state index in [0.717, 1.165) is 30.5 Å². The van der Waals surface area contributed by atoms with Crippen molar-refractivity contribution in [2.75, 3.05) is 0 Å². The molecule has 2 aromatic rings. The van der Waals surface area contributed by atoms with Crippen molar-refractivity contribution in [3.63, 3.8) is 0 Å². The normalized spacial score (nSPS) is 21.0. The number of rotatable bonds is 3. The van der Waals surface area contributed by atoms with E-state index in [2.05, 4.69) is 16.5 Å². The van der Waals surface area contributed by atoms with Crippen molar-refractivity contribution in [3.05, 3.63) is 57.2 Å².